The van der Waals surface area contributed by atoms with Gasteiger partial charge in [-0.25, -0.2) is 0 Å². The van der Waals surface area contributed by atoms with Gasteiger partial charge in [0.25, 0.3) is 0 Å². The fraction of sp³-hybridized carbons (Fsp3) is 0.941. The third-order valence-electron chi connectivity index (χ3n) is 8.84. The van der Waals surface area contributed by atoms with Crippen molar-refractivity contribution in [1.29, 1.82) is 0 Å². The van der Waals surface area contributed by atoms with E-state index in [9.17, 15) is 45.3 Å². The highest BCUT2D eigenvalue weighted by Crippen LogP contribution is 2.26. The molecule has 0 amide bonds. The van der Waals surface area contributed by atoms with Crippen LogP contribution in [0.2, 0.25) is 0 Å². The van der Waals surface area contributed by atoms with E-state index in [4.69, 9.17) is 28.4 Å². The fourth-order valence-electron chi connectivity index (χ4n) is 5.68. The summed E-state index contributed by atoms with van der Waals surface area (Å²) >= 11 is 0. The van der Waals surface area contributed by atoms with Crippen LogP contribution in [0.4, 0.5) is 0 Å². The molecule has 2 rings (SSSR count). The van der Waals surface area contributed by atoms with Crippen LogP contribution in [-0.4, -0.2) is 142 Å². The summed E-state index contributed by atoms with van der Waals surface area (Å²) in [6, 6.07) is 0. The molecule has 0 bridgehead atoms. The average molecular weight is 711 g/mol. The maximum absolute atomic E-state index is 12.7. The molecule has 49 heavy (non-hydrogen) atoms. The van der Waals surface area contributed by atoms with Crippen LogP contribution in [0.3, 0.4) is 0 Å². The lowest BCUT2D eigenvalue weighted by Crippen LogP contribution is -2.61. The number of hydrogen-bond acceptors (Lipinski definition) is 15. The number of aliphatic hydroxyl groups excluding tert-OH is 7. The van der Waals surface area contributed by atoms with Crippen LogP contribution in [0.1, 0.15) is 110 Å². The van der Waals surface area contributed by atoms with Crippen LogP contribution in [0, 0.1) is 0 Å². The lowest BCUT2D eigenvalue weighted by atomic mass is 9.98. The zero-order valence-electron chi connectivity index (χ0n) is 29.2. The van der Waals surface area contributed by atoms with Crippen molar-refractivity contribution < 1.29 is 73.8 Å². The first kappa shape index (κ1) is 43.7. The van der Waals surface area contributed by atoms with Crippen molar-refractivity contribution in [3.05, 3.63) is 0 Å². The molecule has 0 spiro atoms. The maximum Gasteiger partial charge on any atom is 0.306 e. The Labute approximate surface area is 289 Å². The van der Waals surface area contributed by atoms with Crippen molar-refractivity contribution in [1.82, 2.24) is 0 Å². The van der Waals surface area contributed by atoms with E-state index in [1.165, 1.54) is 6.42 Å². The predicted molar refractivity (Wildman–Crippen MR) is 174 cm³/mol. The largest absolute Gasteiger partial charge is 0.462 e. The molecule has 11 unspecified atom stereocenters. The van der Waals surface area contributed by atoms with Gasteiger partial charge in [0.05, 0.1) is 19.8 Å². The van der Waals surface area contributed by atoms with Crippen LogP contribution < -0.4 is 0 Å². The maximum atomic E-state index is 12.7. The standard InChI is InChI=1S/C34H62O15/c1-3-5-7-9-11-13-15-17-26(37)47-22(19-44-25(36)16-14-12-10-8-6-4-2)20-45-33-32(43)30(41)28(39)24(49-33)21-46-34-31(42)29(40)27(38)23(18-35)48-34/h22-24,27-35,38-43H,3-21H2,1-2H3. The fourth-order valence-corrected chi connectivity index (χ4v) is 5.68. The Balaban J connectivity index is 1.94. The van der Waals surface area contributed by atoms with E-state index in [0.29, 0.717) is 12.8 Å². The van der Waals surface area contributed by atoms with Gasteiger partial charge < -0.3 is 64.2 Å². The van der Waals surface area contributed by atoms with Crippen molar-refractivity contribution >= 4 is 11.9 Å². The van der Waals surface area contributed by atoms with Crippen LogP contribution in [0.25, 0.3) is 0 Å². The molecule has 7 N–H and O–H groups in total. The van der Waals surface area contributed by atoms with Crippen LogP contribution >= 0.6 is 0 Å². The second kappa shape index (κ2) is 24.6. The summed E-state index contributed by atoms with van der Waals surface area (Å²) < 4.78 is 33.0. The van der Waals surface area contributed by atoms with Gasteiger partial charge in [0.1, 0.15) is 55.4 Å². The first-order valence-electron chi connectivity index (χ1n) is 18.1. The third-order valence-corrected chi connectivity index (χ3v) is 8.84. The molecule has 288 valence electrons. The zero-order valence-corrected chi connectivity index (χ0v) is 29.2. The van der Waals surface area contributed by atoms with E-state index in [-0.39, 0.29) is 26.1 Å². The Morgan fingerprint density at radius 2 is 1.04 bits per heavy atom. The van der Waals surface area contributed by atoms with E-state index in [0.717, 1.165) is 64.2 Å². The van der Waals surface area contributed by atoms with Crippen LogP contribution in [-0.2, 0) is 38.0 Å². The van der Waals surface area contributed by atoms with Crippen molar-refractivity contribution in [2.75, 3.05) is 26.4 Å². The van der Waals surface area contributed by atoms with Crippen molar-refractivity contribution in [3.8, 4) is 0 Å². The predicted octanol–water partition coefficient (Wildman–Crippen LogP) is 0.973. The van der Waals surface area contributed by atoms with Gasteiger partial charge in [0.15, 0.2) is 18.7 Å². The van der Waals surface area contributed by atoms with E-state index in [1.54, 1.807) is 0 Å². The quantitative estimate of drug-likeness (QED) is 0.0517. The summed E-state index contributed by atoms with van der Waals surface area (Å²) in [7, 11) is 0. The van der Waals surface area contributed by atoms with E-state index < -0.39 is 92.7 Å². The molecule has 2 saturated heterocycles. The summed E-state index contributed by atoms with van der Waals surface area (Å²) in [5.74, 6) is -0.943. The van der Waals surface area contributed by atoms with Crippen molar-refractivity contribution in [2.45, 2.75) is 178 Å². The summed E-state index contributed by atoms with van der Waals surface area (Å²) in [5.41, 5.74) is 0. The molecule has 11 atom stereocenters. The second-order valence-corrected chi connectivity index (χ2v) is 13.1. The Morgan fingerprint density at radius 1 is 0.571 bits per heavy atom. The molecule has 0 aliphatic carbocycles. The van der Waals surface area contributed by atoms with Gasteiger partial charge in [-0.2, -0.15) is 0 Å². The van der Waals surface area contributed by atoms with Gasteiger partial charge >= 0.3 is 11.9 Å². The number of carbonyl (C=O) groups excluding carboxylic acids is 2. The number of aliphatic hydroxyl groups is 7. The molecule has 0 aromatic rings. The number of esters is 2. The number of unbranched alkanes of at least 4 members (excludes halogenated alkanes) is 11. The molecule has 0 saturated carbocycles. The zero-order chi connectivity index (χ0) is 36.2. The Morgan fingerprint density at radius 3 is 1.59 bits per heavy atom. The lowest BCUT2D eigenvalue weighted by Gasteiger charge is -2.42. The minimum absolute atomic E-state index is 0.167. The van der Waals surface area contributed by atoms with Gasteiger partial charge in [-0.3, -0.25) is 9.59 Å². The summed E-state index contributed by atoms with van der Waals surface area (Å²) in [6.07, 6.45) is -3.29. The summed E-state index contributed by atoms with van der Waals surface area (Å²) in [4.78, 5) is 25.1. The molecule has 2 fully saturated rings. The normalized spacial score (nSPS) is 31.0. The highest BCUT2D eigenvalue weighted by Gasteiger charge is 2.47. The van der Waals surface area contributed by atoms with Crippen LogP contribution in [0.5, 0.6) is 0 Å². The smallest absolute Gasteiger partial charge is 0.306 e. The van der Waals surface area contributed by atoms with Gasteiger partial charge in [-0.1, -0.05) is 84.5 Å². The third kappa shape index (κ3) is 15.7. The average Bonchev–Trinajstić information content (AvgIpc) is 3.09. The Bertz CT molecular complexity index is 892. The van der Waals surface area contributed by atoms with E-state index in [2.05, 4.69) is 13.8 Å². The van der Waals surface area contributed by atoms with E-state index in [1.807, 2.05) is 0 Å². The molecule has 15 heteroatoms. The van der Waals surface area contributed by atoms with Gasteiger partial charge in [-0.15, -0.1) is 0 Å². The molecule has 0 aromatic carbocycles. The molecule has 2 aliphatic heterocycles. The van der Waals surface area contributed by atoms with Crippen LogP contribution in [0.15, 0.2) is 0 Å². The first-order chi connectivity index (χ1) is 23.5. The summed E-state index contributed by atoms with van der Waals surface area (Å²) in [5, 5.41) is 71.2. The first-order valence-corrected chi connectivity index (χ1v) is 18.1. The molecule has 0 aromatic heterocycles. The molecule has 15 nitrogen and oxygen atoms in total. The molecule has 2 aliphatic rings. The van der Waals surface area contributed by atoms with Gasteiger partial charge in [0.2, 0.25) is 0 Å². The highest BCUT2D eigenvalue weighted by molar-refractivity contribution is 5.70. The molecule has 0 radical (unpaired) electrons. The Kier molecular flexibility index (Phi) is 22.0. The number of hydrogen-bond donors (Lipinski definition) is 7. The van der Waals surface area contributed by atoms with E-state index >= 15 is 0 Å². The number of ether oxygens (including phenoxy) is 6. The number of rotatable bonds is 25. The molecule has 2 heterocycles. The monoisotopic (exact) mass is 710 g/mol. The second-order valence-electron chi connectivity index (χ2n) is 13.1. The molecular weight excluding hydrogens is 648 g/mol. The highest BCUT2D eigenvalue weighted by atomic mass is 16.7. The van der Waals surface area contributed by atoms with Crippen molar-refractivity contribution in [3.63, 3.8) is 0 Å². The summed E-state index contributed by atoms with van der Waals surface area (Å²) in [6.45, 7) is 2.41. The van der Waals surface area contributed by atoms with Gasteiger partial charge in [-0.05, 0) is 12.8 Å². The minimum atomic E-state index is -1.75. The number of carbonyl (C=O) groups is 2. The minimum Gasteiger partial charge on any atom is -0.462 e. The van der Waals surface area contributed by atoms with Gasteiger partial charge in [0, 0.05) is 12.8 Å². The Hall–Kier alpha value is -1.50. The molecular formula is C34H62O15. The van der Waals surface area contributed by atoms with Crippen molar-refractivity contribution in [2.24, 2.45) is 0 Å². The SMILES string of the molecule is CCCCCCCCCC(=O)OC(COC(=O)CCCCCCCC)COC1OC(COC2OC(CO)C(O)C(O)C2O)C(O)C(O)C1O. The topological polar surface area (TPSA) is 231 Å². The lowest BCUT2D eigenvalue weighted by molar-refractivity contribution is -0.332.